The van der Waals surface area contributed by atoms with Gasteiger partial charge in [-0.05, 0) is 31.9 Å². The molecule has 21 heavy (non-hydrogen) atoms. The first-order chi connectivity index (χ1) is 10.3. The normalized spacial score (nSPS) is 30.1. The van der Waals surface area contributed by atoms with Crippen LogP contribution in [-0.4, -0.2) is 39.3 Å². The summed E-state index contributed by atoms with van der Waals surface area (Å²) in [4.78, 5) is 11.8. The summed E-state index contributed by atoms with van der Waals surface area (Å²) in [5, 5.41) is 11.3. The van der Waals surface area contributed by atoms with Crippen molar-refractivity contribution in [3.63, 3.8) is 0 Å². The third-order valence-electron chi connectivity index (χ3n) is 4.35. The number of carbonyl (C=O) groups excluding carboxylic acids is 1. The zero-order valence-electron chi connectivity index (χ0n) is 12.5. The van der Waals surface area contributed by atoms with Gasteiger partial charge in [-0.2, -0.15) is 16.9 Å². The maximum Gasteiger partial charge on any atom is 0.220 e. The largest absolute Gasteiger partial charge is 0.348 e. The van der Waals surface area contributed by atoms with E-state index in [2.05, 4.69) is 28.9 Å². The van der Waals surface area contributed by atoms with E-state index in [1.807, 2.05) is 22.6 Å². The molecule has 0 aromatic carbocycles. The van der Waals surface area contributed by atoms with Crippen molar-refractivity contribution in [1.82, 2.24) is 20.4 Å². The third-order valence-corrected chi connectivity index (χ3v) is 5.56. The first-order valence-corrected chi connectivity index (χ1v) is 9.07. The van der Waals surface area contributed by atoms with Crippen LogP contribution >= 0.6 is 11.8 Å². The predicted octanol–water partition coefficient (Wildman–Crippen LogP) is 1.71. The molecule has 6 heteroatoms. The Bertz CT molecular complexity index is 484. The summed E-state index contributed by atoms with van der Waals surface area (Å²) in [6.07, 6.45) is 8.02. The molecule has 0 spiro atoms. The van der Waals surface area contributed by atoms with Crippen LogP contribution in [0.2, 0.25) is 0 Å². The van der Waals surface area contributed by atoms with Gasteiger partial charge in [0.1, 0.15) is 0 Å². The van der Waals surface area contributed by atoms with Crippen LogP contribution in [0.3, 0.4) is 0 Å². The molecule has 0 saturated carbocycles. The molecule has 1 aromatic heterocycles. The molecule has 0 unspecified atom stereocenters. The molecule has 3 atom stereocenters. The summed E-state index contributed by atoms with van der Waals surface area (Å²) in [6, 6.07) is 0.951. The van der Waals surface area contributed by atoms with Crippen LogP contribution in [0.5, 0.6) is 0 Å². The second kappa shape index (κ2) is 6.83. The van der Waals surface area contributed by atoms with E-state index in [0.29, 0.717) is 18.5 Å². The Morgan fingerprint density at radius 3 is 3.14 bits per heavy atom. The second-order valence-electron chi connectivity index (χ2n) is 5.90. The van der Waals surface area contributed by atoms with Gasteiger partial charge in [0.15, 0.2) is 0 Å². The predicted molar refractivity (Wildman–Crippen MR) is 85.3 cm³/mol. The molecule has 3 rings (SSSR count). The Balaban J connectivity index is 1.71. The number of nitrogens with zero attached hydrogens (tertiary/aromatic N) is 2. The van der Waals surface area contributed by atoms with E-state index >= 15 is 0 Å². The third kappa shape index (κ3) is 3.61. The Kier molecular flexibility index (Phi) is 4.85. The maximum atomic E-state index is 11.8. The fourth-order valence-corrected chi connectivity index (χ4v) is 4.27. The summed E-state index contributed by atoms with van der Waals surface area (Å²) in [6.45, 7) is 2.93. The van der Waals surface area contributed by atoms with E-state index in [1.165, 1.54) is 24.3 Å². The number of hydrogen-bond donors (Lipinski definition) is 2. The van der Waals surface area contributed by atoms with Crippen LogP contribution in [-0.2, 0) is 11.3 Å². The number of aryl methyl sites for hydroxylation is 1. The number of nitrogens with one attached hydrogen (secondary N) is 2. The molecule has 2 aliphatic rings. The van der Waals surface area contributed by atoms with Gasteiger partial charge >= 0.3 is 0 Å². The topological polar surface area (TPSA) is 59.0 Å². The lowest BCUT2D eigenvalue weighted by atomic mass is 9.92. The van der Waals surface area contributed by atoms with Crippen molar-refractivity contribution in [1.29, 1.82) is 0 Å². The van der Waals surface area contributed by atoms with Gasteiger partial charge in [0, 0.05) is 42.6 Å². The zero-order chi connectivity index (χ0) is 14.7. The standard InChI is InChI=1S/C15H24N4OS/c1-2-19-9-11(8-16-19)15-13(5-6-14(20)18-15)17-12-4-3-7-21-10-12/h8-9,12-13,15,17H,2-7,10H2,1H3,(H,18,20)/t12-,13-,15+/m1/s1. The minimum absolute atomic E-state index is 0.0541. The van der Waals surface area contributed by atoms with Gasteiger partial charge in [0.25, 0.3) is 0 Å². The van der Waals surface area contributed by atoms with Crippen molar-refractivity contribution in [2.24, 2.45) is 0 Å². The van der Waals surface area contributed by atoms with Crippen LogP contribution in [0.4, 0.5) is 0 Å². The Morgan fingerprint density at radius 2 is 2.43 bits per heavy atom. The van der Waals surface area contributed by atoms with E-state index in [4.69, 9.17) is 0 Å². The Hall–Kier alpha value is -1.01. The lowest BCUT2D eigenvalue weighted by Gasteiger charge is -2.36. The van der Waals surface area contributed by atoms with Crippen molar-refractivity contribution in [2.45, 2.75) is 57.3 Å². The van der Waals surface area contributed by atoms with Gasteiger partial charge in [-0.3, -0.25) is 9.48 Å². The van der Waals surface area contributed by atoms with E-state index in [1.54, 1.807) is 0 Å². The first-order valence-electron chi connectivity index (χ1n) is 7.91. The number of carbonyl (C=O) groups is 1. The monoisotopic (exact) mass is 308 g/mol. The summed E-state index contributed by atoms with van der Waals surface area (Å²) in [5.74, 6) is 2.62. The van der Waals surface area contributed by atoms with Gasteiger partial charge in [-0.1, -0.05) is 0 Å². The van der Waals surface area contributed by atoms with Crippen molar-refractivity contribution in [3.05, 3.63) is 18.0 Å². The number of hydrogen-bond acceptors (Lipinski definition) is 4. The van der Waals surface area contributed by atoms with Crippen molar-refractivity contribution in [2.75, 3.05) is 11.5 Å². The zero-order valence-corrected chi connectivity index (χ0v) is 13.4. The van der Waals surface area contributed by atoms with Crippen LogP contribution in [0, 0.1) is 0 Å². The van der Waals surface area contributed by atoms with Gasteiger partial charge in [-0.15, -0.1) is 0 Å². The molecule has 1 aromatic rings. The van der Waals surface area contributed by atoms with Crippen LogP contribution < -0.4 is 10.6 Å². The first kappa shape index (κ1) is 14.9. The average Bonchev–Trinajstić information content (AvgIpc) is 2.99. The summed E-state index contributed by atoms with van der Waals surface area (Å²) >= 11 is 2.03. The fourth-order valence-electron chi connectivity index (χ4n) is 3.18. The summed E-state index contributed by atoms with van der Waals surface area (Å²) in [7, 11) is 0. The van der Waals surface area contributed by atoms with Gasteiger partial charge in [-0.25, -0.2) is 0 Å². The molecule has 2 aliphatic heterocycles. The highest BCUT2D eigenvalue weighted by Gasteiger charge is 2.32. The lowest BCUT2D eigenvalue weighted by molar-refractivity contribution is -0.124. The molecule has 1 amide bonds. The Morgan fingerprint density at radius 1 is 1.52 bits per heavy atom. The number of piperidine rings is 1. The minimum Gasteiger partial charge on any atom is -0.348 e. The number of thioether (sulfide) groups is 1. The average molecular weight is 308 g/mol. The Labute approximate surface area is 130 Å². The second-order valence-corrected chi connectivity index (χ2v) is 7.05. The summed E-state index contributed by atoms with van der Waals surface area (Å²) < 4.78 is 1.92. The quantitative estimate of drug-likeness (QED) is 0.889. The van der Waals surface area contributed by atoms with Crippen LogP contribution in [0.15, 0.2) is 12.4 Å². The highest BCUT2D eigenvalue weighted by Crippen LogP contribution is 2.26. The molecule has 0 bridgehead atoms. The highest BCUT2D eigenvalue weighted by atomic mass is 32.2. The highest BCUT2D eigenvalue weighted by molar-refractivity contribution is 7.99. The van der Waals surface area contributed by atoms with Crippen LogP contribution in [0.1, 0.15) is 44.2 Å². The van der Waals surface area contributed by atoms with Crippen molar-refractivity contribution < 1.29 is 4.79 Å². The van der Waals surface area contributed by atoms with E-state index in [9.17, 15) is 4.79 Å². The number of aromatic nitrogens is 2. The molecule has 116 valence electrons. The molecule has 5 nitrogen and oxygen atoms in total. The summed E-state index contributed by atoms with van der Waals surface area (Å²) in [5.41, 5.74) is 1.12. The molecule has 2 fully saturated rings. The van der Waals surface area contributed by atoms with Crippen molar-refractivity contribution >= 4 is 17.7 Å². The molecular formula is C15H24N4OS. The number of rotatable bonds is 4. The van der Waals surface area contributed by atoms with E-state index in [0.717, 1.165) is 18.5 Å². The minimum atomic E-state index is 0.0541. The van der Waals surface area contributed by atoms with Gasteiger partial charge in [0.05, 0.1) is 12.2 Å². The van der Waals surface area contributed by atoms with Gasteiger partial charge in [0.2, 0.25) is 5.91 Å². The molecule has 3 heterocycles. The maximum absolute atomic E-state index is 11.8. The molecule has 0 radical (unpaired) electrons. The SMILES string of the molecule is CCn1cc([C@@H]2NC(=O)CC[C@H]2N[C@@H]2CCCSC2)cn1. The van der Waals surface area contributed by atoms with Gasteiger partial charge < -0.3 is 10.6 Å². The van der Waals surface area contributed by atoms with Crippen molar-refractivity contribution in [3.8, 4) is 0 Å². The lowest BCUT2D eigenvalue weighted by Crippen LogP contribution is -2.52. The van der Waals surface area contributed by atoms with E-state index < -0.39 is 0 Å². The van der Waals surface area contributed by atoms with Crippen LogP contribution in [0.25, 0.3) is 0 Å². The number of amides is 1. The molecule has 0 aliphatic carbocycles. The van der Waals surface area contributed by atoms with E-state index in [-0.39, 0.29) is 11.9 Å². The molecule has 2 N–H and O–H groups in total. The molecular weight excluding hydrogens is 284 g/mol. The molecule has 2 saturated heterocycles. The fraction of sp³-hybridized carbons (Fsp3) is 0.733. The smallest absolute Gasteiger partial charge is 0.220 e.